The predicted octanol–water partition coefficient (Wildman–Crippen LogP) is 3.65. The fourth-order valence-electron chi connectivity index (χ4n) is 3.75. The average Bonchev–Trinajstić information content (AvgIpc) is 3.24. The molecule has 4 rings (SSSR count). The van der Waals surface area contributed by atoms with Gasteiger partial charge in [-0.1, -0.05) is 6.07 Å². The molecular weight excluding hydrogens is 332 g/mol. The van der Waals surface area contributed by atoms with Crippen LogP contribution in [0.1, 0.15) is 43.9 Å². The Bertz CT molecular complexity index is 930. The lowest BCUT2D eigenvalue weighted by molar-refractivity contribution is 0.171. The number of H-pyrrole nitrogens is 1. The second kappa shape index (κ2) is 6.42. The van der Waals surface area contributed by atoms with Gasteiger partial charge in [-0.25, -0.2) is 9.50 Å². The van der Waals surface area contributed by atoms with E-state index in [0.717, 1.165) is 53.4 Å². The van der Waals surface area contributed by atoms with E-state index in [1.807, 2.05) is 18.4 Å². The third-order valence-corrected chi connectivity index (χ3v) is 6.21. The Morgan fingerprint density at radius 2 is 2.08 bits per heavy atom. The number of aromatic nitrogens is 3. The third kappa shape index (κ3) is 2.93. The molecule has 5 nitrogen and oxygen atoms in total. The number of nitrogens with one attached hydrogen (secondary N) is 1. The van der Waals surface area contributed by atoms with Crippen LogP contribution in [0, 0.1) is 6.92 Å². The number of aryl methyl sites for hydroxylation is 1. The zero-order valence-corrected chi connectivity index (χ0v) is 15.8. The molecule has 0 spiro atoms. The summed E-state index contributed by atoms with van der Waals surface area (Å²) in [6.07, 6.45) is 2.14. The minimum atomic E-state index is -0.0165. The van der Waals surface area contributed by atoms with Gasteiger partial charge in [-0.15, -0.1) is 11.3 Å². The molecule has 0 radical (unpaired) electrons. The van der Waals surface area contributed by atoms with Gasteiger partial charge in [0.05, 0.1) is 16.3 Å². The lowest BCUT2D eigenvalue weighted by atomic mass is 9.92. The van der Waals surface area contributed by atoms with Crippen molar-refractivity contribution in [3.8, 4) is 10.6 Å². The van der Waals surface area contributed by atoms with Crippen molar-refractivity contribution in [2.45, 2.75) is 45.6 Å². The molecule has 3 aromatic rings. The third-order valence-electron chi connectivity index (χ3n) is 5.32. The molecule has 4 heterocycles. The summed E-state index contributed by atoms with van der Waals surface area (Å²) < 4.78 is 1.58. The molecule has 0 saturated carbocycles. The molecular formula is C19H24N4OS. The summed E-state index contributed by atoms with van der Waals surface area (Å²) in [7, 11) is 0. The first-order valence-corrected chi connectivity index (χ1v) is 9.82. The van der Waals surface area contributed by atoms with Gasteiger partial charge < -0.3 is 4.90 Å². The minimum absolute atomic E-state index is 0.0165. The van der Waals surface area contributed by atoms with Crippen molar-refractivity contribution in [1.82, 2.24) is 19.5 Å². The Morgan fingerprint density at radius 1 is 1.32 bits per heavy atom. The highest BCUT2D eigenvalue weighted by Crippen LogP contribution is 2.30. The van der Waals surface area contributed by atoms with Crippen LogP contribution >= 0.6 is 11.3 Å². The van der Waals surface area contributed by atoms with Crippen LogP contribution in [0.25, 0.3) is 16.2 Å². The number of rotatable bonds is 3. The first kappa shape index (κ1) is 16.5. The summed E-state index contributed by atoms with van der Waals surface area (Å²) in [5, 5.41) is 5.28. The van der Waals surface area contributed by atoms with E-state index in [0.29, 0.717) is 12.0 Å². The Balaban J connectivity index is 1.70. The molecule has 6 heteroatoms. The fraction of sp³-hybridized carbons (Fsp3) is 0.474. The Morgan fingerprint density at radius 3 is 2.72 bits per heavy atom. The minimum Gasteiger partial charge on any atom is -0.301 e. The zero-order chi connectivity index (χ0) is 17.6. The average molecular weight is 356 g/mol. The molecule has 25 heavy (non-hydrogen) atoms. The van der Waals surface area contributed by atoms with Crippen molar-refractivity contribution in [1.29, 1.82) is 0 Å². The quantitative estimate of drug-likeness (QED) is 0.779. The van der Waals surface area contributed by atoms with E-state index in [1.54, 1.807) is 21.9 Å². The highest BCUT2D eigenvalue weighted by atomic mass is 32.1. The van der Waals surface area contributed by atoms with Crippen molar-refractivity contribution >= 4 is 17.0 Å². The number of hydrogen-bond donors (Lipinski definition) is 1. The summed E-state index contributed by atoms with van der Waals surface area (Å²) in [5.41, 5.74) is 3.73. The molecule has 1 fully saturated rings. The van der Waals surface area contributed by atoms with Crippen LogP contribution in [0.4, 0.5) is 0 Å². The Labute approximate surface area is 151 Å². The van der Waals surface area contributed by atoms with Crippen LogP contribution < -0.4 is 5.56 Å². The lowest BCUT2D eigenvalue weighted by Crippen LogP contribution is -2.38. The zero-order valence-electron chi connectivity index (χ0n) is 15.0. The van der Waals surface area contributed by atoms with Crippen LogP contribution in [-0.4, -0.2) is 38.6 Å². The van der Waals surface area contributed by atoms with E-state index in [2.05, 4.69) is 29.9 Å². The van der Waals surface area contributed by atoms with Crippen LogP contribution in [-0.2, 0) is 0 Å². The van der Waals surface area contributed by atoms with Crippen molar-refractivity contribution in [3.63, 3.8) is 0 Å². The topological polar surface area (TPSA) is 53.4 Å². The van der Waals surface area contributed by atoms with Gasteiger partial charge in [-0.05, 0) is 58.1 Å². The van der Waals surface area contributed by atoms with Crippen LogP contribution in [0.3, 0.4) is 0 Å². The molecule has 132 valence electrons. The summed E-state index contributed by atoms with van der Waals surface area (Å²) in [6, 6.07) is 6.39. The monoisotopic (exact) mass is 356 g/mol. The summed E-state index contributed by atoms with van der Waals surface area (Å²) in [5.74, 6) is 0.382. The number of hydrogen-bond acceptors (Lipinski definition) is 4. The second-order valence-corrected chi connectivity index (χ2v) is 8.12. The number of aromatic amines is 1. The number of fused-ring (bicyclic) bond motifs is 1. The molecule has 0 aliphatic carbocycles. The van der Waals surface area contributed by atoms with Gasteiger partial charge >= 0.3 is 0 Å². The summed E-state index contributed by atoms with van der Waals surface area (Å²) in [6.45, 7) is 8.68. The van der Waals surface area contributed by atoms with Gasteiger partial charge in [0, 0.05) is 23.6 Å². The number of nitrogens with zero attached hydrogens (tertiary/aromatic N) is 3. The molecule has 0 unspecified atom stereocenters. The molecule has 0 aromatic carbocycles. The smallest absolute Gasteiger partial charge is 0.272 e. The predicted molar refractivity (Wildman–Crippen MR) is 103 cm³/mol. The largest absolute Gasteiger partial charge is 0.301 e. The standard InChI is InChI=1S/C19H24N4OS/c1-12(2)22-8-6-14(7-9-22)15-11-17(24)23-19(20-15)13(3)18(21-23)16-5-4-10-25-16/h4-5,10-12,14,21H,6-9H2,1-3H3. The lowest BCUT2D eigenvalue weighted by Gasteiger charge is -2.34. The van der Waals surface area contributed by atoms with Crippen LogP contribution in [0.15, 0.2) is 28.4 Å². The summed E-state index contributed by atoms with van der Waals surface area (Å²) >= 11 is 1.67. The van der Waals surface area contributed by atoms with Crippen molar-refractivity contribution in [2.75, 3.05) is 13.1 Å². The van der Waals surface area contributed by atoms with E-state index in [-0.39, 0.29) is 5.56 Å². The van der Waals surface area contributed by atoms with Gasteiger partial charge in [-0.3, -0.25) is 9.89 Å². The second-order valence-electron chi connectivity index (χ2n) is 7.17. The van der Waals surface area contributed by atoms with Gasteiger partial charge in [0.1, 0.15) is 0 Å². The fourth-order valence-corrected chi connectivity index (χ4v) is 4.53. The molecule has 0 bridgehead atoms. The maximum absolute atomic E-state index is 12.6. The molecule has 1 N–H and O–H groups in total. The van der Waals surface area contributed by atoms with Crippen LogP contribution in [0.2, 0.25) is 0 Å². The van der Waals surface area contributed by atoms with Crippen LogP contribution in [0.5, 0.6) is 0 Å². The normalized spacial score (nSPS) is 17.0. The van der Waals surface area contributed by atoms with E-state index in [1.165, 1.54) is 0 Å². The first-order chi connectivity index (χ1) is 12.0. The SMILES string of the molecule is Cc1c(-c2cccs2)[nH]n2c(=O)cc(C3CCN(C(C)C)CC3)nc12. The molecule has 1 aliphatic heterocycles. The van der Waals surface area contributed by atoms with Gasteiger partial charge in [0.2, 0.25) is 0 Å². The molecule has 3 aromatic heterocycles. The van der Waals surface area contributed by atoms with E-state index >= 15 is 0 Å². The number of thiophene rings is 1. The van der Waals surface area contributed by atoms with Gasteiger partial charge in [0.25, 0.3) is 5.56 Å². The van der Waals surface area contributed by atoms with Crippen molar-refractivity contribution < 1.29 is 0 Å². The van der Waals surface area contributed by atoms with Gasteiger partial charge in [-0.2, -0.15) is 0 Å². The highest BCUT2D eigenvalue weighted by molar-refractivity contribution is 7.13. The van der Waals surface area contributed by atoms with Crippen molar-refractivity contribution in [2.24, 2.45) is 0 Å². The van der Waals surface area contributed by atoms with Gasteiger partial charge in [0.15, 0.2) is 5.65 Å². The van der Waals surface area contributed by atoms with E-state index < -0.39 is 0 Å². The van der Waals surface area contributed by atoms with E-state index in [9.17, 15) is 4.79 Å². The molecule has 0 amide bonds. The molecule has 1 aliphatic rings. The van der Waals surface area contributed by atoms with E-state index in [4.69, 9.17) is 4.98 Å². The number of piperidine rings is 1. The Hall–Kier alpha value is -1.92. The highest BCUT2D eigenvalue weighted by Gasteiger charge is 2.24. The molecule has 0 atom stereocenters. The molecule has 1 saturated heterocycles. The Kier molecular flexibility index (Phi) is 4.25. The summed E-state index contributed by atoms with van der Waals surface area (Å²) in [4.78, 5) is 21.1. The first-order valence-electron chi connectivity index (χ1n) is 8.95. The number of likely N-dealkylation sites (tertiary alicyclic amines) is 1. The maximum atomic E-state index is 12.6. The maximum Gasteiger partial charge on any atom is 0.272 e. The van der Waals surface area contributed by atoms with Crippen molar-refractivity contribution in [3.05, 3.63) is 45.2 Å².